The number of rotatable bonds is 4. The summed E-state index contributed by atoms with van der Waals surface area (Å²) in [6.07, 6.45) is -0.743. The third-order valence-corrected chi connectivity index (χ3v) is 4.04. The molecule has 0 bridgehead atoms. The number of ether oxygens (including phenoxy) is 3. The molecule has 0 radical (unpaired) electrons. The van der Waals surface area contributed by atoms with E-state index in [4.69, 9.17) is 14.2 Å². The molecule has 0 unspecified atom stereocenters. The van der Waals surface area contributed by atoms with Gasteiger partial charge in [-0.1, -0.05) is 60.7 Å². The minimum absolute atomic E-state index is 0.437. The molecular formula is C24H24O4. The van der Waals surface area contributed by atoms with Crippen molar-refractivity contribution in [2.24, 2.45) is 0 Å². The minimum atomic E-state index is -0.743. The van der Waals surface area contributed by atoms with E-state index >= 15 is 0 Å². The maximum atomic E-state index is 12.5. The molecule has 0 saturated carbocycles. The summed E-state index contributed by atoms with van der Waals surface area (Å²) < 4.78 is 16.6. The van der Waals surface area contributed by atoms with Crippen LogP contribution in [0.5, 0.6) is 11.5 Å². The molecule has 0 amide bonds. The van der Waals surface area contributed by atoms with Gasteiger partial charge in [-0.3, -0.25) is 0 Å². The molecule has 0 aliphatic heterocycles. The van der Waals surface area contributed by atoms with Gasteiger partial charge in [0.25, 0.3) is 0 Å². The lowest BCUT2D eigenvalue weighted by Crippen LogP contribution is -2.26. The van der Waals surface area contributed by atoms with E-state index in [2.05, 4.69) is 0 Å². The van der Waals surface area contributed by atoms with Gasteiger partial charge in [-0.25, -0.2) is 4.79 Å². The number of methoxy groups -OCH3 is 1. The molecular weight excluding hydrogens is 352 g/mol. The van der Waals surface area contributed by atoms with Gasteiger partial charge in [0.2, 0.25) is 0 Å². The van der Waals surface area contributed by atoms with Crippen LogP contribution in [0.2, 0.25) is 0 Å². The third-order valence-electron chi connectivity index (χ3n) is 4.04. The van der Waals surface area contributed by atoms with Crippen LogP contribution >= 0.6 is 0 Å². The van der Waals surface area contributed by atoms with Gasteiger partial charge >= 0.3 is 6.16 Å². The molecule has 144 valence electrons. The molecule has 0 heterocycles. The van der Waals surface area contributed by atoms with Gasteiger partial charge in [-0.15, -0.1) is 0 Å². The van der Waals surface area contributed by atoms with Crippen LogP contribution in [0.4, 0.5) is 4.79 Å². The molecule has 3 aromatic rings. The molecule has 3 aromatic carbocycles. The van der Waals surface area contributed by atoms with Crippen molar-refractivity contribution in [3.8, 4) is 33.8 Å². The Kier molecular flexibility index (Phi) is 5.69. The summed E-state index contributed by atoms with van der Waals surface area (Å²) in [7, 11) is 1.62. The molecule has 0 atom stereocenters. The van der Waals surface area contributed by atoms with Crippen LogP contribution in [0.3, 0.4) is 0 Å². The lowest BCUT2D eigenvalue weighted by Gasteiger charge is -2.21. The molecule has 0 N–H and O–H groups in total. The first-order chi connectivity index (χ1) is 13.4. The molecule has 0 fully saturated rings. The maximum Gasteiger partial charge on any atom is 0.514 e. The Morgan fingerprint density at radius 1 is 0.786 bits per heavy atom. The zero-order valence-corrected chi connectivity index (χ0v) is 16.6. The van der Waals surface area contributed by atoms with Gasteiger partial charge in [0.1, 0.15) is 17.1 Å². The van der Waals surface area contributed by atoms with Crippen molar-refractivity contribution in [1.82, 2.24) is 0 Å². The van der Waals surface area contributed by atoms with Gasteiger partial charge in [-0.05, 0) is 44.0 Å². The number of hydrogen-bond acceptors (Lipinski definition) is 4. The highest BCUT2D eigenvalue weighted by atomic mass is 16.7. The van der Waals surface area contributed by atoms with E-state index < -0.39 is 11.8 Å². The van der Waals surface area contributed by atoms with Crippen molar-refractivity contribution in [3.63, 3.8) is 0 Å². The summed E-state index contributed by atoms with van der Waals surface area (Å²) in [4.78, 5) is 12.5. The lowest BCUT2D eigenvalue weighted by atomic mass is 9.96. The van der Waals surface area contributed by atoms with Crippen molar-refractivity contribution in [2.75, 3.05) is 7.11 Å². The highest BCUT2D eigenvalue weighted by Crippen LogP contribution is 2.42. The molecule has 0 aliphatic carbocycles. The van der Waals surface area contributed by atoms with Crippen LogP contribution in [0.1, 0.15) is 20.8 Å². The number of carbonyl (C=O) groups is 1. The first kappa shape index (κ1) is 19.5. The topological polar surface area (TPSA) is 44.8 Å². The second-order valence-electron chi connectivity index (χ2n) is 7.35. The summed E-state index contributed by atoms with van der Waals surface area (Å²) in [6, 6.07) is 23.2. The predicted octanol–water partition coefficient (Wildman–Crippen LogP) is 6.34. The second-order valence-corrected chi connectivity index (χ2v) is 7.35. The summed E-state index contributed by atoms with van der Waals surface area (Å²) in [5.41, 5.74) is 2.69. The monoisotopic (exact) mass is 376 g/mol. The average molecular weight is 376 g/mol. The van der Waals surface area contributed by atoms with Gasteiger partial charge in [0.15, 0.2) is 0 Å². The fraction of sp³-hybridized carbons (Fsp3) is 0.208. The molecule has 0 saturated heterocycles. The van der Waals surface area contributed by atoms with E-state index in [0.29, 0.717) is 11.5 Å². The van der Waals surface area contributed by atoms with Crippen molar-refractivity contribution in [3.05, 3.63) is 72.8 Å². The summed E-state index contributed by atoms with van der Waals surface area (Å²) in [5, 5.41) is 0. The zero-order valence-electron chi connectivity index (χ0n) is 16.6. The van der Waals surface area contributed by atoms with Gasteiger partial charge < -0.3 is 14.2 Å². The van der Waals surface area contributed by atoms with Crippen LogP contribution in [-0.2, 0) is 4.74 Å². The van der Waals surface area contributed by atoms with Crippen molar-refractivity contribution in [1.29, 1.82) is 0 Å². The number of carbonyl (C=O) groups excluding carboxylic acids is 1. The van der Waals surface area contributed by atoms with Crippen molar-refractivity contribution >= 4 is 6.16 Å². The lowest BCUT2D eigenvalue weighted by molar-refractivity contribution is 0.0208. The van der Waals surface area contributed by atoms with Crippen LogP contribution < -0.4 is 9.47 Å². The van der Waals surface area contributed by atoms with E-state index in [0.717, 1.165) is 22.3 Å². The predicted molar refractivity (Wildman–Crippen MR) is 111 cm³/mol. The van der Waals surface area contributed by atoms with Gasteiger partial charge in [0.05, 0.1) is 7.11 Å². The Morgan fingerprint density at radius 2 is 1.25 bits per heavy atom. The minimum Gasteiger partial charge on any atom is -0.497 e. The quantitative estimate of drug-likeness (QED) is 0.393. The summed E-state index contributed by atoms with van der Waals surface area (Å²) >= 11 is 0. The Bertz CT molecular complexity index is 881. The highest BCUT2D eigenvalue weighted by molar-refractivity contribution is 5.86. The SMILES string of the molecule is COc1cc(-c2ccccc2)c(OC(=O)OC(C)(C)C)c(-c2ccccc2)c1. The molecule has 4 nitrogen and oxygen atoms in total. The normalized spacial score (nSPS) is 11.0. The average Bonchev–Trinajstić information content (AvgIpc) is 2.68. The Morgan fingerprint density at radius 3 is 1.64 bits per heavy atom. The Labute approximate surface area is 165 Å². The Balaban J connectivity index is 2.18. The van der Waals surface area contributed by atoms with E-state index in [-0.39, 0.29) is 0 Å². The Hall–Kier alpha value is -3.27. The second kappa shape index (κ2) is 8.17. The molecule has 0 aliphatic rings. The van der Waals surface area contributed by atoms with E-state index in [1.807, 2.05) is 72.8 Å². The van der Waals surface area contributed by atoms with Crippen LogP contribution in [0.15, 0.2) is 72.8 Å². The fourth-order valence-corrected chi connectivity index (χ4v) is 2.85. The van der Waals surface area contributed by atoms with Crippen LogP contribution in [0, 0.1) is 0 Å². The van der Waals surface area contributed by atoms with Crippen molar-refractivity contribution < 1.29 is 19.0 Å². The van der Waals surface area contributed by atoms with Crippen LogP contribution in [-0.4, -0.2) is 18.9 Å². The summed E-state index contributed by atoms with van der Waals surface area (Å²) in [5.74, 6) is 1.11. The number of hydrogen-bond donors (Lipinski definition) is 0. The van der Waals surface area contributed by atoms with Crippen molar-refractivity contribution in [2.45, 2.75) is 26.4 Å². The molecule has 4 heteroatoms. The van der Waals surface area contributed by atoms with Gasteiger partial charge in [-0.2, -0.15) is 0 Å². The highest BCUT2D eigenvalue weighted by Gasteiger charge is 2.23. The maximum absolute atomic E-state index is 12.5. The van der Waals surface area contributed by atoms with E-state index in [9.17, 15) is 4.79 Å². The first-order valence-electron chi connectivity index (χ1n) is 9.11. The standard InChI is InChI=1S/C24H24O4/c1-24(2,3)28-23(25)27-22-20(17-11-7-5-8-12-17)15-19(26-4)16-21(22)18-13-9-6-10-14-18/h5-16H,1-4H3. The third kappa shape index (κ3) is 4.71. The van der Waals surface area contributed by atoms with E-state index in [1.54, 1.807) is 27.9 Å². The zero-order chi connectivity index (χ0) is 20.1. The molecule has 0 aromatic heterocycles. The molecule has 28 heavy (non-hydrogen) atoms. The number of benzene rings is 3. The fourth-order valence-electron chi connectivity index (χ4n) is 2.85. The summed E-state index contributed by atoms with van der Waals surface area (Å²) in [6.45, 7) is 5.41. The molecule has 0 spiro atoms. The smallest absolute Gasteiger partial charge is 0.497 e. The first-order valence-corrected chi connectivity index (χ1v) is 9.11. The molecule has 3 rings (SSSR count). The van der Waals surface area contributed by atoms with Gasteiger partial charge in [0, 0.05) is 11.1 Å². The largest absolute Gasteiger partial charge is 0.514 e. The van der Waals surface area contributed by atoms with Crippen LogP contribution in [0.25, 0.3) is 22.3 Å². The van der Waals surface area contributed by atoms with E-state index in [1.165, 1.54) is 0 Å².